The van der Waals surface area contributed by atoms with Gasteiger partial charge in [-0.25, -0.2) is 0 Å². The van der Waals surface area contributed by atoms with Gasteiger partial charge in [-0.3, -0.25) is 0 Å². The van der Waals surface area contributed by atoms with E-state index in [0.29, 0.717) is 0 Å². The van der Waals surface area contributed by atoms with Crippen molar-refractivity contribution in [2.24, 2.45) is 0 Å². The molecule has 2 aromatic carbocycles. The van der Waals surface area contributed by atoms with E-state index < -0.39 is 0 Å². The van der Waals surface area contributed by atoms with Gasteiger partial charge >= 0.3 is 0 Å². The second-order valence-corrected chi connectivity index (χ2v) is 9.31. The number of halogens is 1. The highest BCUT2D eigenvalue weighted by Crippen LogP contribution is 2.09. The first kappa shape index (κ1) is 19.1. The summed E-state index contributed by atoms with van der Waals surface area (Å²) < 4.78 is 1.18. The minimum absolute atomic E-state index is 0.902. The van der Waals surface area contributed by atoms with E-state index in [1.54, 1.807) is 9.80 Å². The average Bonchev–Trinajstić information content (AvgIpc) is 2.72. The number of hydrogen-bond acceptors (Lipinski definition) is 0. The number of benzene rings is 2. The molecule has 0 aliphatic carbocycles. The summed E-state index contributed by atoms with van der Waals surface area (Å²) in [5.41, 5.74) is 2.96. The number of quaternary nitrogens is 3. The molecule has 0 spiro atoms. The van der Waals surface area contributed by atoms with Crippen molar-refractivity contribution in [3.63, 3.8) is 0 Å². The van der Waals surface area contributed by atoms with Crippen LogP contribution >= 0.6 is 15.9 Å². The lowest BCUT2D eigenvalue weighted by atomic mass is 10.0. The summed E-state index contributed by atoms with van der Waals surface area (Å²) in [5.74, 6) is 0. The Balaban J connectivity index is 1.20. The van der Waals surface area contributed by atoms with Crippen LogP contribution in [0, 0.1) is 0 Å². The Hall–Kier alpha value is -1.20. The molecule has 3 N–H and O–H groups in total. The maximum absolute atomic E-state index is 3.53. The van der Waals surface area contributed by atoms with Crippen LogP contribution in [0.5, 0.6) is 0 Å². The molecule has 0 radical (unpaired) electrons. The predicted octanol–water partition coefficient (Wildman–Crippen LogP) is -0.0200. The molecule has 4 heteroatoms. The molecule has 0 bridgehead atoms. The van der Waals surface area contributed by atoms with Crippen molar-refractivity contribution in [2.75, 3.05) is 39.3 Å². The van der Waals surface area contributed by atoms with E-state index in [9.17, 15) is 0 Å². The summed E-state index contributed by atoms with van der Waals surface area (Å²) in [6.07, 6.45) is 2.80. The molecule has 2 fully saturated rings. The third-order valence-electron chi connectivity index (χ3n) is 6.53. The van der Waals surface area contributed by atoms with Gasteiger partial charge in [0.25, 0.3) is 0 Å². The number of hydrogen-bond donors (Lipinski definition) is 3. The Kier molecular flexibility index (Phi) is 6.61. The zero-order valence-corrected chi connectivity index (χ0v) is 17.8. The summed E-state index contributed by atoms with van der Waals surface area (Å²) in [4.78, 5) is 5.41. The molecule has 2 aliphatic heterocycles. The van der Waals surface area contributed by atoms with Gasteiger partial charge < -0.3 is 14.7 Å². The van der Waals surface area contributed by atoms with Gasteiger partial charge in [0.1, 0.15) is 39.3 Å². The topological polar surface area (TPSA) is 13.3 Å². The summed E-state index contributed by atoms with van der Waals surface area (Å²) in [7, 11) is 0. The maximum atomic E-state index is 3.53. The molecule has 0 aromatic heterocycles. The van der Waals surface area contributed by atoms with Crippen LogP contribution in [0.3, 0.4) is 0 Å². The molecule has 4 rings (SSSR count). The molecule has 2 saturated heterocycles. The molecule has 2 aromatic rings. The van der Waals surface area contributed by atoms with Crippen molar-refractivity contribution in [1.29, 1.82) is 0 Å². The van der Waals surface area contributed by atoms with Crippen molar-refractivity contribution >= 4 is 15.9 Å². The summed E-state index contributed by atoms with van der Waals surface area (Å²) >= 11 is 3.53. The molecule has 2 aliphatic rings. The third-order valence-corrected chi connectivity index (χ3v) is 7.06. The quantitative estimate of drug-likeness (QED) is 0.589. The van der Waals surface area contributed by atoms with Crippen LogP contribution in [0.25, 0.3) is 0 Å². The van der Waals surface area contributed by atoms with Gasteiger partial charge in [0.15, 0.2) is 0 Å². The smallest absolute Gasteiger partial charge is 0.127 e. The second-order valence-electron chi connectivity index (χ2n) is 8.40. The van der Waals surface area contributed by atoms with E-state index in [0.717, 1.165) is 6.04 Å². The van der Waals surface area contributed by atoms with Crippen molar-refractivity contribution < 1.29 is 14.7 Å². The van der Waals surface area contributed by atoms with Crippen LogP contribution in [-0.4, -0.2) is 45.3 Å². The molecule has 0 saturated carbocycles. The summed E-state index contributed by atoms with van der Waals surface area (Å²) in [5, 5.41) is 0. The van der Waals surface area contributed by atoms with E-state index in [-0.39, 0.29) is 0 Å². The van der Waals surface area contributed by atoms with Crippen LogP contribution in [0.4, 0.5) is 0 Å². The summed E-state index contributed by atoms with van der Waals surface area (Å²) in [6.45, 7) is 10.4. The van der Waals surface area contributed by atoms with E-state index in [4.69, 9.17) is 0 Å². The Bertz CT molecular complexity index is 687. The second kappa shape index (κ2) is 9.33. The van der Waals surface area contributed by atoms with E-state index in [1.165, 1.54) is 80.8 Å². The zero-order chi connectivity index (χ0) is 18.5. The van der Waals surface area contributed by atoms with E-state index >= 15 is 0 Å². The fourth-order valence-electron chi connectivity index (χ4n) is 4.90. The number of piperidine rings is 1. The number of piperazine rings is 1. The fourth-order valence-corrected chi connectivity index (χ4v) is 5.16. The SMILES string of the molecule is Brc1ccc(C[NH+]2CC[NH+](C3CC[NH+](Cc4ccccc4)CC3)CC2)cc1. The van der Waals surface area contributed by atoms with Crippen LogP contribution in [0.2, 0.25) is 0 Å². The van der Waals surface area contributed by atoms with Gasteiger partial charge in [-0.2, -0.15) is 0 Å². The van der Waals surface area contributed by atoms with Gasteiger partial charge in [0.2, 0.25) is 0 Å². The van der Waals surface area contributed by atoms with Gasteiger partial charge in [0, 0.05) is 28.4 Å². The highest BCUT2D eigenvalue weighted by atomic mass is 79.9. The Labute approximate surface area is 172 Å². The van der Waals surface area contributed by atoms with Gasteiger partial charge in [-0.1, -0.05) is 58.4 Å². The molecule has 3 nitrogen and oxygen atoms in total. The van der Waals surface area contributed by atoms with Crippen LogP contribution < -0.4 is 14.7 Å². The van der Waals surface area contributed by atoms with Crippen LogP contribution in [-0.2, 0) is 13.1 Å². The molecule has 0 amide bonds. The minimum atomic E-state index is 0.902. The standard InChI is InChI=1S/C23H30BrN3/c24-22-8-6-21(7-9-22)19-26-14-16-27(17-15-26)23-10-12-25(13-11-23)18-20-4-2-1-3-5-20/h1-9,23H,10-19H2/p+3. The first-order valence-corrected chi connectivity index (χ1v) is 11.4. The van der Waals surface area contributed by atoms with E-state index in [1.807, 2.05) is 4.90 Å². The molecule has 0 atom stereocenters. The lowest BCUT2D eigenvalue weighted by molar-refractivity contribution is -1.04. The van der Waals surface area contributed by atoms with Crippen LogP contribution in [0.1, 0.15) is 24.0 Å². The number of nitrogens with one attached hydrogen (secondary N) is 3. The lowest BCUT2D eigenvalue weighted by Gasteiger charge is -2.37. The molecular formula is C23H33BrN3+3. The van der Waals surface area contributed by atoms with Crippen molar-refractivity contribution in [3.8, 4) is 0 Å². The predicted molar refractivity (Wildman–Crippen MR) is 113 cm³/mol. The fraction of sp³-hybridized carbons (Fsp3) is 0.478. The number of likely N-dealkylation sites (tertiary alicyclic amines) is 1. The summed E-state index contributed by atoms with van der Waals surface area (Å²) in [6, 6.07) is 20.8. The molecule has 144 valence electrons. The van der Waals surface area contributed by atoms with Crippen molar-refractivity contribution in [3.05, 3.63) is 70.2 Å². The Morgan fingerprint density at radius 1 is 0.667 bits per heavy atom. The first-order valence-electron chi connectivity index (χ1n) is 10.6. The van der Waals surface area contributed by atoms with Gasteiger partial charge in [0.05, 0.1) is 19.1 Å². The van der Waals surface area contributed by atoms with Gasteiger partial charge in [-0.05, 0) is 12.1 Å². The normalized spacial score (nSPS) is 28.8. The Morgan fingerprint density at radius 3 is 1.85 bits per heavy atom. The minimum Gasteiger partial charge on any atom is -0.331 e. The number of rotatable bonds is 5. The van der Waals surface area contributed by atoms with Crippen molar-refractivity contribution in [2.45, 2.75) is 32.0 Å². The highest BCUT2D eigenvalue weighted by Gasteiger charge is 2.33. The molecule has 27 heavy (non-hydrogen) atoms. The zero-order valence-electron chi connectivity index (χ0n) is 16.2. The van der Waals surface area contributed by atoms with Gasteiger partial charge in [-0.15, -0.1) is 0 Å². The lowest BCUT2D eigenvalue weighted by Crippen LogP contribution is -3.30. The first-order chi connectivity index (χ1) is 13.3. The van der Waals surface area contributed by atoms with Crippen LogP contribution in [0.15, 0.2) is 59.1 Å². The highest BCUT2D eigenvalue weighted by molar-refractivity contribution is 9.10. The average molecular weight is 431 g/mol. The molecular weight excluding hydrogens is 398 g/mol. The van der Waals surface area contributed by atoms with Crippen molar-refractivity contribution in [1.82, 2.24) is 0 Å². The monoisotopic (exact) mass is 430 g/mol. The molecule has 0 unspecified atom stereocenters. The largest absolute Gasteiger partial charge is 0.331 e. The van der Waals surface area contributed by atoms with E-state index in [2.05, 4.69) is 70.5 Å². The maximum Gasteiger partial charge on any atom is 0.127 e. The third kappa shape index (κ3) is 5.41. The molecule has 2 heterocycles. The Morgan fingerprint density at radius 2 is 1.22 bits per heavy atom.